The molecular formula is C26H25Cl3SiTi. The summed E-state index contributed by atoms with van der Waals surface area (Å²) in [6.45, 7) is 2.26. The minimum atomic E-state index is -2.35. The second kappa shape index (κ2) is 12.3. The Bertz CT molecular complexity index is 894. The topological polar surface area (TPSA) is 0 Å². The van der Waals surface area contributed by atoms with Gasteiger partial charge in [-0.3, -0.25) is 0 Å². The van der Waals surface area contributed by atoms with Gasteiger partial charge in [0.25, 0.3) is 0 Å². The molecule has 0 spiro atoms. The van der Waals surface area contributed by atoms with Gasteiger partial charge < -0.3 is 37.2 Å². The van der Waals surface area contributed by atoms with Crippen LogP contribution in [-0.2, 0) is 20.4 Å². The number of halogens is 3. The Labute approximate surface area is 217 Å². The van der Waals surface area contributed by atoms with Crippen molar-refractivity contribution in [2.24, 2.45) is 0 Å². The molecule has 0 nitrogen and oxygen atoms in total. The van der Waals surface area contributed by atoms with Crippen molar-refractivity contribution in [3.8, 4) is 0 Å². The second-order valence-corrected chi connectivity index (χ2v) is 13.7. The first-order valence-corrected chi connectivity index (χ1v) is 12.8. The molecule has 158 valence electrons. The van der Waals surface area contributed by atoms with Crippen LogP contribution in [0.5, 0.6) is 0 Å². The molecule has 1 atom stereocenters. The SMILES string of the molecule is CCCC1=C[C]([Ti+3])([Si](c2ccccc2)(c2ccccc2)c2ccccc2)C=C1.[Cl-].[Cl-].[Cl-]. The third-order valence-corrected chi connectivity index (χ3v) is 13.1. The van der Waals surface area contributed by atoms with Crippen molar-refractivity contribution in [1.82, 2.24) is 0 Å². The van der Waals surface area contributed by atoms with Gasteiger partial charge in [-0.15, -0.1) is 0 Å². The van der Waals surface area contributed by atoms with Crippen LogP contribution < -0.4 is 52.8 Å². The molecule has 1 aliphatic rings. The van der Waals surface area contributed by atoms with E-state index in [4.69, 9.17) is 0 Å². The molecule has 0 aromatic heterocycles. The van der Waals surface area contributed by atoms with Gasteiger partial charge in [-0.05, 0) is 0 Å². The summed E-state index contributed by atoms with van der Waals surface area (Å²) in [4.78, 5) is 0. The zero-order valence-electron chi connectivity index (χ0n) is 17.4. The van der Waals surface area contributed by atoms with Crippen LogP contribution in [0.4, 0.5) is 0 Å². The molecule has 0 fully saturated rings. The number of hydrogen-bond donors (Lipinski definition) is 0. The molecule has 31 heavy (non-hydrogen) atoms. The predicted molar refractivity (Wildman–Crippen MR) is 119 cm³/mol. The van der Waals surface area contributed by atoms with Crippen molar-refractivity contribution in [3.05, 3.63) is 115 Å². The first-order chi connectivity index (χ1) is 13.7. The zero-order chi connectivity index (χ0) is 19.5. The van der Waals surface area contributed by atoms with E-state index in [9.17, 15) is 0 Å². The maximum absolute atomic E-state index is 2.57. The van der Waals surface area contributed by atoms with E-state index < -0.39 is 8.07 Å². The van der Waals surface area contributed by atoms with Gasteiger partial charge in [0.2, 0.25) is 0 Å². The van der Waals surface area contributed by atoms with Crippen LogP contribution in [0.15, 0.2) is 115 Å². The Balaban J connectivity index is 0.00000160. The fourth-order valence-electron chi connectivity index (χ4n) is 4.59. The number of rotatable bonds is 6. The molecule has 0 N–H and O–H groups in total. The van der Waals surface area contributed by atoms with E-state index in [-0.39, 0.29) is 40.6 Å². The molecule has 5 heteroatoms. The quantitative estimate of drug-likeness (QED) is 0.229. The monoisotopic (exact) mass is 518 g/mol. The molecule has 0 radical (unpaired) electrons. The van der Waals surface area contributed by atoms with Crippen LogP contribution in [0.1, 0.15) is 19.8 Å². The van der Waals surface area contributed by atoms with Crippen molar-refractivity contribution in [2.75, 3.05) is 0 Å². The maximum Gasteiger partial charge on any atom is -1.00 e. The van der Waals surface area contributed by atoms with Gasteiger partial charge >= 0.3 is 182 Å². The first-order valence-electron chi connectivity index (χ1n) is 10.0. The molecule has 4 rings (SSSR count). The van der Waals surface area contributed by atoms with Crippen molar-refractivity contribution < 1.29 is 57.7 Å². The van der Waals surface area contributed by atoms with Gasteiger partial charge in [0.1, 0.15) is 0 Å². The second-order valence-electron chi connectivity index (χ2n) is 7.52. The largest absolute Gasteiger partial charge is 1.00 e. The minimum absolute atomic E-state index is 0. The summed E-state index contributed by atoms with van der Waals surface area (Å²) >= 11 is 2.45. The smallest absolute Gasteiger partial charge is 1.00 e. The van der Waals surface area contributed by atoms with Gasteiger partial charge in [0, 0.05) is 0 Å². The van der Waals surface area contributed by atoms with Gasteiger partial charge in [-0.1, -0.05) is 0 Å². The van der Waals surface area contributed by atoms with Crippen LogP contribution in [0.2, 0.25) is 3.34 Å². The summed E-state index contributed by atoms with van der Waals surface area (Å²) in [5.41, 5.74) is 1.48. The van der Waals surface area contributed by atoms with Gasteiger partial charge in [-0.25, -0.2) is 0 Å². The molecule has 0 amide bonds. The Morgan fingerprint density at radius 1 is 0.677 bits per heavy atom. The zero-order valence-corrected chi connectivity index (χ0v) is 22.3. The molecule has 3 aromatic rings. The summed E-state index contributed by atoms with van der Waals surface area (Å²) in [7, 11) is -2.35. The Kier molecular flexibility index (Phi) is 11.1. The van der Waals surface area contributed by atoms with Crippen LogP contribution >= 0.6 is 0 Å². The summed E-state index contributed by atoms with van der Waals surface area (Å²) in [5, 5.41) is 4.40. The van der Waals surface area contributed by atoms with Crippen LogP contribution in [0.25, 0.3) is 0 Å². The van der Waals surface area contributed by atoms with Gasteiger partial charge in [0.15, 0.2) is 0 Å². The summed E-state index contributed by atoms with van der Waals surface area (Å²) in [5.74, 6) is 0. The summed E-state index contributed by atoms with van der Waals surface area (Å²) < 4.78 is -0.0123. The van der Waals surface area contributed by atoms with E-state index in [1.165, 1.54) is 27.6 Å². The Hall–Kier alpha value is -1.06. The molecule has 0 bridgehead atoms. The standard InChI is InChI=1S/C26H25Si.3ClH.Ti/c1-2-12-22-19-20-26(21-22)27(23-13-6-3-7-14-23,24-15-8-4-9-16-24)25-17-10-5-11-18-25;;;;/h3-11,13-21H,2,12H2,1H3;3*1H;/q;;;;+3/p-3. The van der Waals surface area contributed by atoms with Crippen LogP contribution in [-0.4, -0.2) is 8.07 Å². The number of hydrogen-bond acceptors (Lipinski definition) is 0. The van der Waals surface area contributed by atoms with Crippen LogP contribution in [0, 0.1) is 0 Å². The van der Waals surface area contributed by atoms with E-state index in [1.807, 2.05) is 0 Å². The van der Waals surface area contributed by atoms with Gasteiger partial charge in [0.05, 0.1) is 0 Å². The van der Waals surface area contributed by atoms with E-state index >= 15 is 0 Å². The molecule has 1 unspecified atom stereocenters. The summed E-state index contributed by atoms with van der Waals surface area (Å²) in [6.07, 6.45) is 9.75. The molecule has 0 aliphatic heterocycles. The van der Waals surface area contributed by atoms with E-state index in [0.717, 1.165) is 6.42 Å². The van der Waals surface area contributed by atoms with E-state index in [0.29, 0.717) is 0 Å². The third-order valence-electron chi connectivity index (χ3n) is 5.75. The number of benzene rings is 3. The fourth-order valence-corrected chi connectivity index (χ4v) is 12.3. The maximum atomic E-state index is 2.57. The molecule has 0 saturated heterocycles. The molecule has 0 saturated carbocycles. The number of allylic oxidation sites excluding steroid dienone is 4. The molecule has 1 aliphatic carbocycles. The van der Waals surface area contributed by atoms with Crippen molar-refractivity contribution in [1.29, 1.82) is 0 Å². The fraction of sp³-hybridized carbons (Fsp3) is 0.154. The molecule has 3 aromatic carbocycles. The van der Waals surface area contributed by atoms with E-state index in [2.05, 4.69) is 137 Å². The summed E-state index contributed by atoms with van der Waals surface area (Å²) in [6, 6.07) is 33.6. The average Bonchev–Trinajstić information content (AvgIpc) is 3.13. The molecular weight excluding hydrogens is 495 g/mol. The Morgan fingerprint density at radius 2 is 1.06 bits per heavy atom. The predicted octanol–water partition coefficient (Wildman–Crippen LogP) is -4.29. The van der Waals surface area contributed by atoms with Crippen LogP contribution in [0.3, 0.4) is 0 Å². The van der Waals surface area contributed by atoms with Crippen molar-refractivity contribution in [2.45, 2.75) is 23.1 Å². The van der Waals surface area contributed by atoms with Crippen molar-refractivity contribution >= 4 is 23.6 Å². The Morgan fingerprint density at radius 3 is 1.42 bits per heavy atom. The normalized spacial score (nSPS) is 17.1. The van der Waals surface area contributed by atoms with Crippen molar-refractivity contribution in [3.63, 3.8) is 0 Å². The molecule has 0 heterocycles. The van der Waals surface area contributed by atoms with Gasteiger partial charge in [-0.2, -0.15) is 0 Å². The minimum Gasteiger partial charge on any atom is -1.00 e. The first kappa shape index (κ1) is 28.0. The average molecular weight is 520 g/mol. The van der Waals surface area contributed by atoms with E-state index in [1.54, 1.807) is 0 Å². The third kappa shape index (κ3) is 5.14.